The first-order valence-electron chi connectivity index (χ1n) is 5.74. The Hall–Kier alpha value is -1.40. The molecule has 0 spiro atoms. The second-order valence-electron chi connectivity index (χ2n) is 4.02. The second-order valence-corrected chi connectivity index (χ2v) is 6.00. The van der Waals surface area contributed by atoms with Crippen LogP contribution < -0.4 is 11.1 Å². The molecule has 6 heteroatoms. The molecule has 18 heavy (non-hydrogen) atoms. The number of unbranched alkanes of at least 4 members (excludes halogenated alkanes) is 1. The number of benzene rings is 1. The summed E-state index contributed by atoms with van der Waals surface area (Å²) in [7, 11) is -3.39. The van der Waals surface area contributed by atoms with E-state index in [2.05, 4.69) is 5.32 Å². The number of hydrogen-bond donors (Lipinski definition) is 2. The number of hydrogen-bond acceptors (Lipinski definition) is 4. The SMILES string of the molecule is CS(=O)(=O)c1ccccc1C(=O)NCCCCN. The molecule has 100 valence electrons. The van der Waals surface area contributed by atoms with Crippen molar-refractivity contribution in [1.82, 2.24) is 5.32 Å². The van der Waals surface area contributed by atoms with Crippen LogP contribution in [0.5, 0.6) is 0 Å². The fourth-order valence-corrected chi connectivity index (χ4v) is 2.43. The molecule has 0 saturated carbocycles. The standard InChI is InChI=1S/C12H18N2O3S/c1-18(16,17)11-7-3-2-6-10(11)12(15)14-9-5-4-8-13/h2-3,6-7H,4-5,8-9,13H2,1H3,(H,14,15). The summed E-state index contributed by atoms with van der Waals surface area (Å²) in [5, 5.41) is 2.69. The van der Waals surface area contributed by atoms with Crippen molar-refractivity contribution in [2.45, 2.75) is 17.7 Å². The number of amides is 1. The molecule has 1 amide bonds. The van der Waals surface area contributed by atoms with E-state index in [0.717, 1.165) is 19.1 Å². The molecule has 3 N–H and O–H groups in total. The lowest BCUT2D eigenvalue weighted by Crippen LogP contribution is -2.26. The van der Waals surface area contributed by atoms with Gasteiger partial charge in [0.25, 0.3) is 5.91 Å². The lowest BCUT2D eigenvalue weighted by Gasteiger charge is -2.08. The van der Waals surface area contributed by atoms with Gasteiger partial charge in [-0.05, 0) is 31.5 Å². The highest BCUT2D eigenvalue weighted by Gasteiger charge is 2.17. The summed E-state index contributed by atoms with van der Waals surface area (Å²) in [6.45, 7) is 1.07. The van der Waals surface area contributed by atoms with E-state index in [4.69, 9.17) is 5.73 Å². The summed E-state index contributed by atoms with van der Waals surface area (Å²) in [6, 6.07) is 6.18. The van der Waals surface area contributed by atoms with Crippen LogP contribution in [0.15, 0.2) is 29.2 Å². The Morgan fingerprint density at radius 2 is 1.94 bits per heavy atom. The van der Waals surface area contributed by atoms with Gasteiger partial charge >= 0.3 is 0 Å². The quantitative estimate of drug-likeness (QED) is 0.739. The average molecular weight is 270 g/mol. The van der Waals surface area contributed by atoms with Crippen LogP contribution in [0.2, 0.25) is 0 Å². The van der Waals surface area contributed by atoms with Gasteiger partial charge in [0, 0.05) is 12.8 Å². The van der Waals surface area contributed by atoms with Crippen LogP contribution in [0.25, 0.3) is 0 Å². The van der Waals surface area contributed by atoms with Crippen LogP contribution in [0.1, 0.15) is 23.2 Å². The van der Waals surface area contributed by atoms with E-state index in [1.807, 2.05) is 0 Å². The summed E-state index contributed by atoms with van der Waals surface area (Å²) >= 11 is 0. The summed E-state index contributed by atoms with van der Waals surface area (Å²) < 4.78 is 23.1. The molecule has 0 aliphatic rings. The molecule has 0 saturated heterocycles. The van der Waals surface area contributed by atoms with Gasteiger partial charge in [-0.2, -0.15) is 0 Å². The molecule has 0 unspecified atom stereocenters. The first kappa shape index (κ1) is 14.7. The van der Waals surface area contributed by atoms with E-state index in [0.29, 0.717) is 13.1 Å². The van der Waals surface area contributed by atoms with E-state index in [9.17, 15) is 13.2 Å². The highest BCUT2D eigenvalue weighted by molar-refractivity contribution is 7.90. The normalized spacial score (nSPS) is 11.2. The minimum Gasteiger partial charge on any atom is -0.352 e. The number of nitrogens with two attached hydrogens (primary N) is 1. The highest BCUT2D eigenvalue weighted by Crippen LogP contribution is 2.14. The minimum atomic E-state index is -3.39. The predicted molar refractivity (Wildman–Crippen MR) is 70.2 cm³/mol. The zero-order chi connectivity index (χ0) is 13.6. The maximum Gasteiger partial charge on any atom is 0.252 e. The van der Waals surface area contributed by atoms with Crippen molar-refractivity contribution < 1.29 is 13.2 Å². The molecule has 0 aliphatic carbocycles. The minimum absolute atomic E-state index is 0.0568. The molecule has 0 fully saturated rings. The van der Waals surface area contributed by atoms with Crippen molar-refractivity contribution in [3.05, 3.63) is 29.8 Å². The van der Waals surface area contributed by atoms with E-state index < -0.39 is 9.84 Å². The van der Waals surface area contributed by atoms with Crippen LogP contribution in [0.4, 0.5) is 0 Å². The lowest BCUT2D eigenvalue weighted by atomic mass is 10.2. The van der Waals surface area contributed by atoms with E-state index in [1.54, 1.807) is 12.1 Å². The van der Waals surface area contributed by atoms with Crippen molar-refractivity contribution >= 4 is 15.7 Å². The molecule has 1 aromatic carbocycles. The Morgan fingerprint density at radius 1 is 1.28 bits per heavy atom. The van der Waals surface area contributed by atoms with Crippen molar-refractivity contribution in [2.75, 3.05) is 19.3 Å². The molecule has 0 aromatic heterocycles. The van der Waals surface area contributed by atoms with Crippen LogP contribution in [-0.4, -0.2) is 33.7 Å². The Balaban J connectivity index is 2.80. The molecule has 1 aromatic rings. The van der Waals surface area contributed by atoms with E-state index in [-0.39, 0.29) is 16.4 Å². The van der Waals surface area contributed by atoms with Gasteiger partial charge in [-0.25, -0.2) is 8.42 Å². The third-order valence-electron chi connectivity index (χ3n) is 2.45. The van der Waals surface area contributed by atoms with Crippen molar-refractivity contribution in [1.29, 1.82) is 0 Å². The zero-order valence-electron chi connectivity index (χ0n) is 10.3. The van der Waals surface area contributed by atoms with Crippen LogP contribution in [0.3, 0.4) is 0 Å². The average Bonchev–Trinajstić information content (AvgIpc) is 2.33. The molecule has 0 aliphatic heterocycles. The predicted octanol–water partition coefficient (Wildman–Crippen LogP) is 0.559. The molecular formula is C12H18N2O3S. The number of nitrogens with one attached hydrogen (secondary N) is 1. The maximum absolute atomic E-state index is 11.9. The van der Waals surface area contributed by atoms with Gasteiger partial charge in [0.05, 0.1) is 10.5 Å². The van der Waals surface area contributed by atoms with E-state index >= 15 is 0 Å². The van der Waals surface area contributed by atoms with Gasteiger partial charge in [0.2, 0.25) is 0 Å². The van der Waals surface area contributed by atoms with Crippen molar-refractivity contribution in [3.63, 3.8) is 0 Å². The Kier molecular flexibility index (Phi) is 5.30. The second kappa shape index (κ2) is 6.51. The largest absolute Gasteiger partial charge is 0.352 e. The molecule has 5 nitrogen and oxygen atoms in total. The number of sulfone groups is 1. The monoisotopic (exact) mass is 270 g/mol. The fourth-order valence-electron chi connectivity index (χ4n) is 1.54. The van der Waals surface area contributed by atoms with Gasteiger partial charge in [-0.3, -0.25) is 4.79 Å². The van der Waals surface area contributed by atoms with Gasteiger partial charge < -0.3 is 11.1 Å². The molecule has 0 atom stereocenters. The molecular weight excluding hydrogens is 252 g/mol. The van der Waals surface area contributed by atoms with E-state index in [1.165, 1.54) is 12.1 Å². The Morgan fingerprint density at radius 3 is 2.56 bits per heavy atom. The number of carbonyl (C=O) groups is 1. The Bertz CT molecular complexity index is 512. The number of carbonyl (C=O) groups excluding carboxylic acids is 1. The fraction of sp³-hybridized carbons (Fsp3) is 0.417. The topological polar surface area (TPSA) is 89.3 Å². The first-order valence-corrected chi connectivity index (χ1v) is 7.63. The van der Waals surface area contributed by atoms with Crippen molar-refractivity contribution in [3.8, 4) is 0 Å². The summed E-state index contributed by atoms with van der Waals surface area (Å²) in [4.78, 5) is 11.9. The van der Waals surface area contributed by atoms with Gasteiger partial charge in [0.1, 0.15) is 0 Å². The number of rotatable bonds is 6. The van der Waals surface area contributed by atoms with Crippen LogP contribution in [0, 0.1) is 0 Å². The maximum atomic E-state index is 11.9. The molecule has 0 radical (unpaired) electrons. The van der Waals surface area contributed by atoms with Crippen molar-refractivity contribution in [2.24, 2.45) is 5.73 Å². The lowest BCUT2D eigenvalue weighted by molar-refractivity contribution is 0.0949. The molecule has 1 rings (SSSR count). The third-order valence-corrected chi connectivity index (χ3v) is 3.60. The van der Waals surface area contributed by atoms with Crippen LogP contribution in [-0.2, 0) is 9.84 Å². The van der Waals surface area contributed by atoms with Crippen LogP contribution >= 0.6 is 0 Å². The highest BCUT2D eigenvalue weighted by atomic mass is 32.2. The van der Waals surface area contributed by atoms with Gasteiger partial charge in [-0.1, -0.05) is 12.1 Å². The van der Waals surface area contributed by atoms with Gasteiger partial charge in [0.15, 0.2) is 9.84 Å². The molecule has 0 heterocycles. The first-order chi connectivity index (χ1) is 8.46. The Labute approximate surface area is 107 Å². The smallest absolute Gasteiger partial charge is 0.252 e. The zero-order valence-corrected chi connectivity index (χ0v) is 11.2. The van der Waals surface area contributed by atoms with Gasteiger partial charge in [-0.15, -0.1) is 0 Å². The summed E-state index contributed by atoms with van der Waals surface area (Å²) in [6.07, 6.45) is 2.70. The molecule has 0 bridgehead atoms. The summed E-state index contributed by atoms with van der Waals surface area (Å²) in [5.41, 5.74) is 5.53. The third kappa shape index (κ3) is 4.12. The summed E-state index contributed by atoms with van der Waals surface area (Å²) in [5.74, 6) is -0.368.